The van der Waals surface area contributed by atoms with Crippen molar-refractivity contribution in [1.29, 1.82) is 0 Å². The molecule has 116 valence electrons. The number of aromatic nitrogens is 4. The number of hydrogen-bond donors (Lipinski definition) is 0. The molecule has 8 heteroatoms. The quantitative estimate of drug-likeness (QED) is 0.590. The minimum absolute atomic E-state index is 0.0193. The molecule has 0 aliphatic carbocycles. The lowest BCUT2D eigenvalue weighted by Gasteiger charge is -2.24. The van der Waals surface area contributed by atoms with Crippen molar-refractivity contribution in [2.45, 2.75) is 6.73 Å². The molecule has 0 fully saturated rings. The Morgan fingerprint density at radius 3 is 2.76 bits per heavy atom. The van der Waals surface area contributed by atoms with Crippen LogP contribution in [-0.4, -0.2) is 64.0 Å². The summed E-state index contributed by atoms with van der Waals surface area (Å²) >= 11 is 0. The maximum atomic E-state index is 11.5. The first kappa shape index (κ1) is 15.7. The Labute approximate surface area is 125 Å². The van der Waals surface area contributed by atoms with E-state index in [2.05, 4.69) is 38.6 Å². The fourth-order valence-corrected chi connectivity index (χ4v) is 2.23. The molecule has 0 aliphatic rings. The van der Waals surface area contributed by atoms with Crippen molar-refractivity contribution in [3.8, 4) is 0 Å². The highest BCUT2D eigenvalue weighted by Crippen LogP contribution is 2.33. The van der Waals surface area contributed by atoms with Gasteiger partial charge in [0.2, 0.25) is 5.82 Å². The number of carbonyl (C=O) groups excluding carboxylic acids is 1. The standard InChI is InChI=1S/C13H20N4O3S/c1-19-13(18)11-14-7-10-8-15-17(12(10)16-11)9-20-5-6-21(2,3)4/h7-8H,5-6,9H2,1-4H3. The average Bonchev–Trinajstić information content (AvgIpc) is 2.84. The molecule has 0 aliphatic heterocycles. The summed E-state index contributed by atoms with van der Waals surface area (Å²) in [6.45, 7) is 0.978. The lowest BCUT2D eigenvalue weighted by atomic mass is 10.4. The number of esters is 1. The molecule has 0 spiro atoms. The Balaban J connectivity index is 2.08. The van der Waals surface area contributed by atoms with E-state index in [0.717, 1.165) is 11.1 Å². The molecule has 0 unspecified atom stereocenters. The Hall–Kier alpha value is -1.67. The van der Waals surface area contributed by atoms with E-state index in [-0.39, 0.29) is 5.82 Å². The van der Waals surface area contributed by atoms with Crippen LogP contribution in [0.4, 0.5) is 0 Å². The predicted molar refractivity (Wildman–Crippen MR) is 82.8 cm³/mol. The smallest absolute Gasteiger partial charge is 0.376 e. The number of methoxy groups -OCH3 is 1. The second-order valence-electron chi connectivity index (χ2n) is 5.44. The number of fused-ring (bicyclic) bond motifs is 1. The summed E-state index contributed by atoms with van der Waals surface area (Å²) in [6.07, 6.45) is 9.94. The zero-order chi connectivity index (χ0) is 15.5. The van der Waals surface area contributed by atoms with Crippen molar-refractivity contribution in [3.63, 3.8) is 0 Å². The molecular weight excluding hydrogens is 292 g/mol. The Morgan fingerprint density at radius 1 is 1.33 bits per heavy atom. The summed E-state index contributed by atoms with van der Waals surface area (Å²) in [4.78, 5) is 19.6. The largest absolute Gasteiger partial charge is 0.463 e. The van der Waals surface area contributed by atoms with Gasteiger partial charge in [-0.2, -0.15) is 5.10 Å². The van der Waals surface area contributed by atoms with Crippen LogP contribution in [0.5, 0.6) is 0 Å². The predicted octanol–water partition coefficient (Wildman–Crippen LogP) is 1.28. The lowest BCUT2D eigenvalue weighted by molar-refractivity contribution is 0.0586. The van der Waals surface area contributed by atoms with Gasteiger partial charge in [-0.05, 0) is 18.8 Å². The summed E-state index contributed by atoms with van der Waals surface area (Å²) in [5, 5.41) is 4.96. The van der Waals surface area contributed by atoms with Crippen LogP contribution in [0.2, 0.25) is 0 Å². The first-order chi connectivity index (χ1) is 9.90. The summed E-state index contributed by atoms with van der Waals surface area (Å²) in [5.41, 5.74) is 0.563. The first-order valence-electron chi connectivity index (χ1n) is 6.41. The second kappa shape index (κ2) is 6.40. The summed E-state index contributed by atoms with van der Waals surface area (Å²) in [6, 6.07) is 0. The van der Waals surface area contributed by atoms with E-state index >= 15 is 0 Å². The topological polar surface area (TPSA) is 79.1 Å². The Morgan fingerprint density at radius 2 is 2.10 bits per heavy atom. The molecule has 7 nitrogen and oxygen atoms in total. The number of ether oxygens (including phenoxy) is 2. The zero-order valence-electron chi connectivity index (χ0n) is 12.7. The summed E-state index contributed by atoms with van der Waals surface area (Å²) < 4.78 is 11.9. The highest BCUT2D eigenvalue weighted by Gasteiger charge is 2.13. The van der Waals surface area contributed by atoms with Crippen LogP contribution >= 0.6 is 10.0 Å². The van der Waals surface area contributed by atoms with Gasteiger partial charge in [0.05, 0.1) is 25.3 Å². The van der Waals surface area contributed by atoms with Crippen molar-refractivity contribution in [2.75, 3.05) is 38.2 Å². The van der Waals surface area contributed by atoms with Gasteiger partial charge in [-0.15, -0.1) is 0 Å². The minimum atomic E-state index is -0.571. The van der Waals surface area contributed by atoms with Crippen LogP contribution in [0, 0.1) is 0 Å². The molecule has 0 saturated heterocycles. The van der Waals surface area contributed by atoms with E-state index < -0.39 is 16.0 Å². The number of carbonyl (C=O) groups is 1. The molecule has 2 rings (SSSR count). The molecule has 2 aromatic heterocycles. The molecule has 0 bridgehead atoms. The van der Waals surface area contributed by atoms with Gasteiger partial charge in [0, 0.05) is 11.9 Å². The minimum Gasteiger partial charge on any atom is -0.463 e. The third-order valence-corrected chi connectivity index (χ3v) is 4.19. The summed E-state index contributed by atoms with van der Waals surface area (Å²) in [5.74, 6) is 0.488. The van der Waals surface area contributed by atoms with Gasteiger partial charge < -0.3 is 9.47 Å². The highest BCUT2D eigenvalue weighted by atomic mass is 32.3. The van der Waals surface area contributed by atoms with Gasteiger partial charge in [-0.25, -0.2) is 29.5 Å². The third-order valence-electron chi connectivity index (χ3n) is 2.80. The SMILES string of the molecule is COC(=O)c1ncc2cnn(COCCS(C)(C)C)c2n1. The van der Waals surface area contributed by atoms with Crippen LogP contribution in [0.25, 0.3) is 11.0 Å². The highest BCUT2D eigenvalue weighted by molar-refractivity contribution is 8.32. The van der Waals surface area contributed by atoms with E-state index in [0.29, 0.717) is 19.0 Å². The van der Waals surface area contributed by atoms with Gasteiger partial charge in [-0.1, -0.05) is 0 Å². The van der Waals surface area contributed by atoms with Crippen molar-refractivity contribution >= 4 is 27.0 Å². The van der Waals surface area contributed by atoms with Gasteiger partial charge in [-0.3, -0.25) is 0 Å². The lowest BCUT2D eigenvalue weighted by Crippen LogP contribution is -2.12. The fourth-order valence-electron chi connectivity index (χ4n) is 1.61. The van der Waals surface area contributed by atoms with Crippen LogP contribution in [0.15, 0.2) is 12.4 Å². The van der Waals surface area contributed by atoms with Crippen molar-refractivity contribution in [1.82, 2.24) is 19.7 Å². The molecule has 0 atom stereocenters. The molecule has 0 amide bonds. The van der Waals surface area contributed by atoms with Crippen LogP contribution in [0.1, 0.15) is 10.6 Å². The van der Waals surface area contributed by atoms with Gasteiger partial charge in [0.1, 0.15) is 6.73 Å². The first-order valence-corrected chi connectivity index (χ1v) is 9.44. The van der Waals surface area contributed by atoms with E-state index in [1.54, 1.807) is 17.1 Å². The van der Waals surface area contributed by atoms with Crippen LogP contribution in [0.3, 0.4) is 0 Å². The number of rotatable bonds is 6. The van der Waals surface area contributed by atoms with E-state index in [4.69, 9.17) is 4.74 Å². The Bertz CT molecular complexity index is 636. The van der Waals surface area contributed by atoms with Gasteiger partial charge >= 0.3 is 5.97 Å². The number of hydrogen-bond acceptors (Lipinski definition) is 6. The average molecular weight is 312 g/mol. The normalized spacial score (nSPS) is 12.6. The van der Waals surface area contributed by atoms with Crippen molar-refractivity contribution in [3.05, 3.63) is 18.2 Å². The van der Waals surface area contributed by atoms with E-state index in [1.807, 2.05) is 0 Å². The molecule has 0 aromatic carbocycles. The van der Waals surface area contributed by atoms with E-state index in [1.165, 1.54) is 7.11 Å². The van der Waals surface area contributed by atoms with Crippen molar-refractivity contribution < 1.29 is 14.3 Å². The van der Waals surface area contributed by atoms with E-state index in [9.17, 15) is 4.79 Å². The van der Waals surface area contributed by atoms with Gasteiger partial charge in [0.25, 0.3) is 0 Å². The van der Waals surface area contributed by atoms with Crippen LogP contribution in [-0.2, 0) is 16.2 Å². The second-order valence-corrected chi connectivity index (χ2v) is 10.0. The maximum absolute atomic E-state index is 11.5. The molecule has 21 heavy (non-hydrogen) atoms. The van der Waals surface area contributed by atoms with Crippen LogP contribution < -0.4 is 0 Å². The molecule has 2 aromatic rings. The molecule has 0 N–H and O–H groups in total. The molecular formula is C13H20N4O3S. The van der Waals surface area contributed by atoms with Gasteiger partial charge in [0.15, 0.2) is 5.65 Å². The fraction of sp³-hybridized carbons (Fsp3) is 0.538. The molecule has 0 saturated carbocycles. The number of nitrogens with zero attached hydrogens (tertiary/aromatic N) is 4. The monoisotopic (exact) mass is 312 g/mol. The molecule has 0 radical (unpaired) electrons. The van der Waals surface area contributed by atoms with Crippen molar-refractivity contribution in [2.24, 2.45) is 0 Å². The zero-order valence-corrected chi connectivity index (χ0v) is 13.5. The Kier molecular flexibility index (Phi) is 4.79. The molecule has 2 heterocycles. The third kappa shape index (κ3) is 4.15. The summed E-state index contributed by atoms with van der Waals surface area (Å²) in [7, 11) is 0.726. The maximum Gasteiger partial charge on any atom is 0.376 e.